The highest BCUT2D eigenvalue weighted by molar-refractivity contribution is 7.92. The standard InChI is InChI=1S/C17H19ClN2O3S/c1-11-5-8-16(12(2)9-11)24(22,23)19-15-10-13(18)6-7-14(15)17(21)20(3)4/h5-10,19H,1-4H3. The molecule has 2 aromatic rings. The second-order valence-corrected chi connectivity index (χ2v) is 7.85. The Hall–Kier alpha value is -2.05. The van der Waals surface area contributed by atoms with Crippen molar-refractivity contribution in [3.8, 4) is 0 Å². The molecule has 0 fully saturated rings. The van der Waals surface area contributed by atoms with Gasteiger partial charge in [0.25, 0.3) is 15.9 Å². The van der Waals surface area contributed by atoms with Crippen molar-refractivity contribution in [3.63, 3.8) is 0 Å². The summed E-state index contributed by atoms with van der Waals surface area (Å²) in [5, 5.41) is 0.337. The van der Waals surface area contributed by atoms with Crippen LogP contribution in [0, 0.1) is 13.8 Å². The van der Waals surface area contributed by atoms with Crippen LogP contribution in [0.4, 0.5) is 5.69 Å². The molecule has 2 aromatic carbocycles. The Morgan fingerprint density at radius 3 is 2.33 bits per heavy atom. The number of carbonyl (C=O) groups is 1. The lowest BCUT2D eigenvalue weighted by atomic mass is 10.1. The zero-order chi connectivity index (χ0) is 18.1. The number of anilines is 1. The Morgan fingerprint density at radius 1 is 1.08 bits per heavy atom. The third kappa shape index (κ3) is 3.88. The van der Waals surface area contributed by atoms with E-state index in [0.717, 1.165) is 5.56 Å². The van der Waals surface area contributed by atoms with Gasteiger partial charge in [-0.1, -0.05) is 29.3 Å². The van der Waals surface area contributed by atoms with Crippen LogP contribution in [0.1, 0.15) is 21.5 Å². The minimum atomic E-state index is -3.84. The minimum absolute atomic E-state index is 0.154. The molecule has 1 amide bonds. The second kappa shape index (κ2) is 6.83. The lowest BCUT2D eigenvalue weighted by molar-refractivity contribution is 0.0828. The highest BCUT2D eigenvalue weighted by Crippen LogP contribution is 2.26. The number of sulfonamides is 1. The maximum absolute atomic E-state index is 12.7. The summed E-state index contributed by atoms with van der Waals surface area (Å²) < 4.78 is 27.9. The third-order valence-electron chi connectivity index (χ3n) is 3.48. The molecule has 2 rings (SSSR count). The molecule has 5 nitrogen and oxygen atoms in total. The highest BCUT2D eigenvalue weighted by Gasteiger charge is 2.21. The van der Waals surface area contributed by atoms with Gasteiger partial charge in [-0.2, -0.15) is 0 Å². The van der Waals surface area contributed by atoms with Gasteiger partial charge in [-0.3, -0.25) is 9.52 Å². The quantitative estimate of drug-likeness (QED) is 0.901. The Bertz CT molecular complexity index is 893. The largest absolute Gasteiger partial charge is 0.345 e. The van der Waals surface area contributed by atoms with Crippen LogP contribution in [0.3, 0.4) is 0 Å². The van der Waals surface area contributed by atoms with E-state index in [2.05, 4.69) is 4.72 Å². The summed E-state index contributed by atoms with van der Waals surface area (Å²) in [7, 11) is -0.645. The number of benzene rings is 2. The van der Waals surface area contributed by atoms with E-state index in [0.29, 0.717) is 10.6 Å². The van der Waals surface area contributed by atoms with Gasteiger partial charge in [-0.05, 0) is 43.7 Å². The fourth-order valence-electron chi connectivity index (χ4n) is 2.33. The lowest BCUT2D eigenvalue weighted by Gasteiger charge is -2.16. The second-order valence-electron chi connectivity index (χ2n) is 5.76. The lowest BCUT2D eigenvalue weighted by Crippen LogP contribution is -2.24. The van der Waals surface area contributed by atoms with Gasteiger partial charge in [0.1, 0.15) is 0 Å². The number of rotatable bonds is 4. The van der Waals surface area contributed by atoms with Gasteiger partial charge < -0.3 is 4.90 Å². The van der Waals surface area contributed by atoms with Gasteiger partial charge in [0, 0.05) is 19.1 Å². The summed E-state index contributed by atoms with van der Waals surface area (Å²) in [6.07, 6.45) is 0. The SMILES string of the molecule is Cc1ccc(S(=O)(=O)Nc2cc(Cl)ccc2C(=O)N(C)C)c(C)c1. The van der Waals surface area contributed by atoms with E-state index >= 15 is 0 Å². The number of nitrogens with zero attached hydrogens (tertiary/aromatic N) is 1. The van der Waals surface area contributed by atoms with Crippen molar-refractivity contribution in [2.45, 2.75) is 18.7 Å². The van der Waals surface area contributed by atoms with E-state index in [1.807, 2.05) is 6.92 Å². The van der Waals surface area contributed by atoms with Crippen molar-refractivity contribution in [2.24, 2.45) is 0 Å². The molecular weight excluding hydrogens is 348 g/mol. The fourth-order valence-corrected chi connectivity index (χ4v) is 3.80. The average Bonchev–Trinajstić information content (AvgIpc) is 2.45. The molecule has 0 atom stereocenters. The van der Waals surface area contributed by atoms with Crippen LogP contribution in [-0.4, -0.2) is 33.3 Å². The topological polar surface area (TPSA) is 66.5 Å². The van der Waals surface area contributed by atoms with Crippen LogP contribution in [0.25, 0.3) is 0 Å². The molecule has 0 radical (unpaired) electrons. The molecule has 24 heavy (non-hydrogen) atoms. The van der Waals surface area contributed by atoms with E-state index in [4.69, 9.17) is 11.6 Å². The molecule has 0 unspecified atom stereocenters. The molecule has 0 aliphatic rings. The first-order valence-electron chi connectivity index (χ1n) is 7.23. The maximum Gasteiger partial charge on any atom is 0.262 e. The fraction of sp³-hybridized carbons (Fsp3) is 0.235. The van der Waals surface area contributed by atoms with Gasteiger partial charge in [-0.15, -0.1) is 0 Å². The van der Waals surface area contributed by atoms with Crippen LogP contribution in [0.15, 0.2) is 41.3 Å². The number of nitrogens with one attached hydrogen (secondary N) is 1. The summed E-state index contributed by atoms with van der Waals surface area (Å²) in [6.45, 7) is 3.62. The number of aryl methyl sites for hydroxylation is 2. The molecule has 0 aliphatic heterocycles. The zero-order valence-electron chi connectivity index (χ0n) is 13.9. The van der Waals surface area contributed by atoms with Gasteiger partial charge in [0.15, 0.2) is 0 Å². The number of hydrogen-bond acceptors (Lipinski definition) is 3. The number of hydrogen-bond donors (Lipinski definition) is 1. The van der Waals surface area contributed by atoms with E-state index < -0.39 is 10.0 Å². The van der Waals surface area contributed by atoms with E-state index in [1.54, 1.807) is 45.3 Å². The summed E-state index contributed by atoms with van der Waals surface area (Å²) in [5.41, 5.74) is 1.99. The summed E-state index contributed by atoms with van der Waals surface area (Å²) >= 11 is 5.97. The normalized spacial score (nSPS) is 11.2. The monoisotopic (exact) mass is 366 g/mol. The van der Waals surface area contributed by atoms with Crippen molar-refractivity contribution in [1.82, 2.24) is 4.90 Å². The van der Waals surface area contributed by atoms with Gasteiger partial charge in [0.2, 0.25) is 0 Å². The van der Waals surface area contributed by atoms with Crippen LogP contribution >= 0.6 is 11.6 Å². The molecule has 1 N–H and O–H groups in total. The molecule has 0 heterocycles. The molecule has 0 saturated heterocycles. The maximum atomic E-state index is 12.7. The van der Waals surface area contributed by atoms with Crippen LogP contribution in [0.5, 0.6) is 0 Å². The smallest absolute Gasteiger partial charge is 0.262 e. The molecule has 0 saturated carbocycles. The third-order valence-corrected chi connectivity index (χ3v) is 5.24. The number of carbonyl (C=O) groups excluding carboxylic acids is 1. The predicted octanol–water partition coefficient (Wildman–Crippen LogP) is 3.46. The van der Waals surface area contributed by atoms with Crippen LogP contribution < -0.4 is 4.72 Å². The van der Waals surface area contributed by atoms with Gasteiger partial charge in [0.05, 0.1) is 16.1 Å². The predicted molar refractivity (Wildman–Crippen MR) is 96.2 cm³/mol. The minimum Gasteiger partial charge on any atom is -0.345 e. The molecule has 0 aromatic heterocycles. The molecular formula is C17H19ClN2O3S. The van der Waals surface area contributed by atoms with Gasteiger partial charge >= 0.3 is 0 Å². The van der Waals surface area contributed by atoms with Crippen molar-refractivity contribution in [3.05, 3.63) is 58.1 Å². The zero-order valence-corrected chi connectivity index (χ0v) is 15.5. The Balaban J connectivity index is 2.50. The Morgan fingerprint density at radius 2 is 1.75 bits per heavy atom. The molecule has 7 heteroatoms. The van der Waals surface area contributed by atoms with E-state index in [9.17, 15) is 13.2 Å². The van der Waals surface area contributed by atoms with E-state index in [-0.39, 0.29) is 22.1 Å². The van der Waals surface area contributed by atoms with Gasteiger partial charge in [-0.25, -0.2) is 8.42 Å². The molecule has 0 bridgehead atoms. The van der Waals surface area contributed by atoms with Crippen molar-refractivity contribution in [1.29, 1.82) is 0 Å². The van der Waals surface area contributed by atoms with Crippen molar-refractivity contribution in [2.75, 3.05) is 18.8 Å². The highest BCUT2D eigenvalue weighted by atomic mass is 35.5. The number of halogens is 1. The summed E-state index contributed by atoms with van der Waals surface area (Å²) in [5.74, 6) is -0.315. The van der Waals surface area contributed by atoms with Crippen LogP contribution in [-0.2, 0) is 10.0 Å². The summed E-state index contributed by atoms with van der Waals surface area (Å²) in [4.78, 5) is 13.8. The molecule has 0 aliphatic carbocycles. The van der Waals surface area contributed by atoms with Crippen molar-refractivity contribution >= 4 is 33.2 Å². The molecule has 128 valence electrons. The summed E-state index contributed by atoms with van der Waals surface area (Å²) in [6, 6.07) is 9.55. The molecule has 0 spiro atoms. The Kier molecular flexibility index (Phi) is 5.20. The average molecular weight is 367 g/mol. The number of amides is 1. The Labute approximate surface area is 147 Å². The first-order chi connectivity index (χ1) is 11.1. The van der Waals surface area contributed by atoms with Crippen molar-refractivity contribution < 1.29 is 13.2 Å². The first kappa shape index (κ1) is 18.3. The van der Waals surface area contributed by atoms with E-state index in [1.165, 1.54) is 17.0 Å². The van der Waals surface area contributed by atoms with Crippen LogP contribution in [0.2, 0.25) is 5.02 Å². The first-order valence-corrected chi connectivity index (χ1v) is 9.09.